The summed E-state index contributed by atoms with van der Waals surface area (Å²) < 4.78 is 37.4. The van der Waals surface area contributed by atoms with E-state index in [1.165, 1.54) is 6.07 Å². The van der Waals surface area contributed by atoms with Gasteiger partial charge in [0.2, 0.25) is 0 Å². The second-order valence-electron chi connectivity index (χ2n) is 3.55. The molecule has 1 nitrogen and oxygen atoms in total. The molecule has 5 heteroatoms. The smallest absolute Gasteiger partial charge is 0.384 e. The summed E-state index contributed by atoms with van der Waals surface area (Å²) >= 11 is 5.81. The summed E-state index contributed by atoms with van der Waals surface area (Å²) in [6, 6.07) is 3.24. The molecule has 1 aromatic rings. The molecule has 0 unspecified atom stereocenters. The fourth-order valence-electron chi connectivity index (χ4n) is 1.31. The summed E-state index contributed by atoms with van der Waals surface area (Å²) in [7, 11) is 0. The van der Waals surface area contributed by atoms with Crippen molar-refractivity contribution in [1.29, 1.82) is 0 Å². The monoisotopic (exact) mass is 263 g/mol. The van der Waals surface area contributed by atoms with Crippen molar-refractivity contribution < 1.29 is 13.2 Å². The van der Waals surface area contributed by atoms with Crippen LogP contribution in [0.1, 0.15) is 18.4 Å². The number of hydrogen-bond acceptors (Lipinski definition) is 1. The quantitative estimate of drug-likeness (QED) is 0.598. The average molecular weight is 264 g/mol. The van der Waals surface area contributed by atoms with Crippen molar-refractivity contribution >= 4 is 17.3 Å². The molecule has 0 aromatic heterocycles. The number of unbranched alkanes of at least 4 members (excludes halogenated alkanes) is 1. The van der Waals surface area contributed by atoms with Gasteiger partial charge in [-0.05, 0) is 31.0 Å². The normalized spacial score (nSPS) is 11.3. The van der Waals surface area contributed by atoms with Crippen molar-refractivity contribution in [2.75, 3.05) is 11.9 Å². The molecule has 17 heavy (non-hydrogen) atoms. The minimum absolute atomic E-state index is 0.289. The molecule has 94 valence electrons. The van der Waals surface area contributed by atoms with Gasteiger partial charge in [0.25, 0.3) is 0 Å². The highest BCUT2D eigenvalue weighted by molar-refractivity contribution is 6.33. The molecule has 0 fully saturated rings. The Kier molecular flexibility index (Phi) is 4.87. The predicted molar refractivity (Wildman–Crippen MR) is 64.4 cm³/mol. The van der Waals surface area contributed by atoms with Gasteiger partial charge in [0.15, 0.2) is 0 Å². The number of halogens is 4. The Morgan fingerprint density at radius 2 is 2.06 bits per heavy atom. The van der Waals surface area contributed by atoms with E-state index in [0.29, 0.717) is 12.2 Å². The Hall–Kier alpha value is -1.16. The fraction of sp³-hybridized carbons (Fsp3) is 0.333. The lowest BCUT2D eigenvalue weighted by molar-refractivity contribution is -0.137. The van der Waals surface area contributed by atoms with E-state index in [0.717, 1.165) is 25.0 Å². The van der Waals surface area contributed by atoms with Gasteiger partial charge < -0.3 is 5.32 Å². The number of anilines is 1. The third kappa shape index (κ3) is 4.30. The van der Waals surface area contributed by atoms with Crippen LogP contribution in [-0.2, 0) is 6.18 Å². The second-order valence-corrected chi connectivity index (χ2v) is 3.96. The third-order valence-electron chi connectivity index (χ3n) is 2.19. The first kappa shape index (κ1) is 13.9. The lowest BCUT2D eigenvalue weighted by Crippen LogP contribution is -2.07. The average Bonchev–Trinajstić information content (AvgIpc) is 2.25. The SMILES string of the molecule is C=CCCCNc1cc(C(F)(F)F)ccc1Cl. The van der Waals surface area contributed by atoms with E-state index in [9.17, 15) is 13.2 Å². The van der Waals surface area contributed by atoms with Gasteiger partial charge in [-0.1, -0.05) is 17.7 Å². The largest absolute Gasteiger partial charge is 0.416 e. The molecule has 0 atom stereocenters. The van der Waals surface area contributed by atoms with Crippen molar-refractivity contribution in [3.05, 3.63) is 41.4 Å². The fourth-order valence-corrected chi connectivity index (χ4v) is 1.49. The van der Waals surface area contributed by atoms with Gasteiger partial charge in [-0.3, -0.25) is 0 Å². The van der Waals surface area contributed by atoms with E-state index >= 15 is 0 Å². The molecule has 0 saturated carbocycles. The first-order chi connectivity index (χ1) is 7.95. The lowest BCUT2D eigenvalue weighted by atomic mass is 10.2. The molecule has 0 aliphatic carbocycles. The van der Waals surface area contributed by atoms with Crippen LogP contribution in [0.15, 0.2) is 30.9 Å². The number of hydrogen-bond donors (Lipinski definition) is 1. The van der Waals surface area contributed by atoms with Crippen LogP contribution in [-0.4, -0.2) is 6.54 Å². The molecule has 0 amide bonds. The molecule has 0 bridgehead atoms. The first-order valence-corrected chi connectivity index (χ1v) is 5.54. The van der Waals surface area contributed by atoms with Crippen LogP contribution in [0.25, 0.3) is 0 Å². The number of alkyl halides is 3. The van der Waals surface area contributed by atoms with E-state index in [1.807, 2.05) is 0 Å². The van der Waals surface area contributed by atoms with E-state index < -0.39 is 11.7 Å². The summed E-state index contributed by atoms with van der Waals surface area (Å²) in [5.41, 5.74) is -0.390. The maximum Gasteiger partial charge on any atom is 0.416 e. The highest BCUT2D eigenvalue weighted by Crippen LogP contribution is 2.33. The van der Waals surface area contributed by atoms with Crippen LogP contribution in [0.3, 0.4) is 0 Å². The topological polar surface area (TPSA) is 12.0 Å². The number of benzene rings is 1. The summed E-state index contributed by atoms with van der Waals surface area (Å²) in [6.45, 7) is 4.13. The van der Waals surface area contributed by atoms with Crippen LogP contribution >= 0.6 is 11.6 Å². The molecular weight excluding hydrogens is 251 g/mol. The molecule has 1 rings (SSSR count). The minimum atomic E-state index is -4.35. The van der Waals surface area contributed by atoms with Gasteiger partial charge in [-0.2, -0.15) is 13.2 Å². The van der Waals surface area contributed by atoms with Crippen LogP contribution < -0.4 is 5.32 Å². The van der Waals surface area contributed by atoms with Crippen molar-refractivity contribution in [3.63, 3.8) is 0 Å². The van der Waals surface area contributed by atoms with E-state index in [-0.39, 0.29) is 5.02 Å². The Morgan fingerprint density at radius 1 is 1.35 bits per heavy atom. The summed E-state index contributed by atoms with van der Waals surface area (Å²) in [6.07, 6.45) is -0.975. The van der Waals surface area contributed by atoms with Crippen LogP contribution in [0.2, 0.25) is 5.02 Å². The Balaban J connectivity index is 2.73. The van der Waals surface area contributed by atoms with Crippen molar-refractivity contribution in [2.45, 2.75) is 19.0 Å². The summed E-state index contributed by atoms with van der Waals surface area (Å²) in [5.74, 6) is 0. The molecule has 0 aliphatic heterocycles. The molecular formula is C12H13ClF3N. The van der Waals surface area contributed by atoms with Gasteiger partial charge in [-0.15, -0.1) is 6.58 Å². The Morgan fingerprint density at radius 3 is 2.65 bits per heavy atom. The number of rotatable bonds is 5. The van der Waals surface area contributed by atoms with E-state index in [1.54, 1.807) is 6.08 Å². The second kappa shape index (κ2) is 5.96. The Bertz CT molecular complexity index is 388. The van der Waals surface area contributed by atoms with E-state index in [4.69, 9.17) is 11.6 Å². The van der Waals surface area contributed by atoms with Crippen LogP contribution in [0, 0.1) is 0 Å². The standard InChI is InChI=1S/C12H13ClF3N/c1-2-3-4-7-17-11-8-9(12(14,15)16)5-6-10(11)13/h2,5-6,8,17H,1,3-4,7H2. The molecule has 1 aromatic carbocycles. The number of allylic oxidation sites excluding steroid dienone is 1. The van der Waals surface area contributed by atoms with Crippen LogP contribution in [0.4, 0.5) is 18.9 Å². The van der Waals surface area contributed by atoms with E-state index in [2.05, 4.69) is 11.9 Å². The maximum atomic E-state index is 12.5. The van der Waals surface area contributed by atoms with Gasteiger partial charge in [-0.25, -0.2) is 0 Å². The third-order valence-corrected chi connectivity index (χ3v) is 2.52. The zero-order valence-electron chi connectivity index (χ0n) is 9.15. The predicted octanol–water partition coefficient (Wildman–Crippen LogP) is 4.74. The summed E-state index contributed by atoms with van der Waals surface area (Å²) in [4.78, 5) is 0. The first-order valence-electron chi connectivity index (χ1n) is 5.16. The molecule has 0 saturated heterocycles. The van der Waals surface area contributed by atoms with Gasteiger partial charge in [0.05, 0.1) is 16.3 Å². The zero-order valence-corrected chi connectivity index (χ0v) is 9.91. The van der Waals surface area contributed by atoms with Crippen molar-refractivity contribution in [3.8, 4) is 0 Å². The molecule has 0 aliphatic rings. The molecule has 0 heterocycles. The van der Waals surface area contributed by atoms with Gasteiger partial charge in [0.1, 0.15) is 0 Å². The minimum Gasteiger partial charge on any atom is -0.384 e. The Labute approximate surface area is 103 Å². The lowest BCUT2D eigenvalue weighted by Gasteiger charge is -2.12. The number of nitrogens with one attached hydrogen (secondary N) is 1. The van der Waals surface area contributed by atoms with Crippen molar-refractivity contribution in [2.24, 2.45) is 0 Å². The molecule has 0 radical (unpaired) electrons. The maximum absolute atomic E-state index is 12.5. The summed E-state index contributed by atoms with van der Waals surface area (Å²) in [5, 5.41) is 3.17. The molecule has 0 spiro atoms. The van der Waals surface area contributed by atoms with Gasteiger partial charge >= 0.3 is 6.18 Å². The highest BCUT2D eigenvalue weighted by atomic mass is 35.5. The zero-order chi connectivity index (χ0) is 12.9. The molecule has 1 N–H and O–H groups in total. The van der Waals surface area contributed by atoms with Crippen molar-refractivity contribution in [1.82, 2.24) is 0 Å². The van der Waals surface area contributed by atoms with Crippen LogP contribution in [0.5, 0.6) is 0 Å². The highest BCUT2D eigenvalue weighted by Gasteiger charge is 2.30. The van der Waals surface area contributed by atoms with Gasteiger partial charge in [0, 0.05) is 6.54 Å².